The minimum absolute atomic E-state index is 0.0765. The first-order chi connectivity index (χ1) is 9.63. The molecule has 2 rings (SSSR count). The normalized spacial score (nSPS) is 12.2. The van der Waals surface area contributed by atoms with Gasteiger partial charge in [0.25, 0.3) is 0 Å². The number of halogens is 2. The SMILES string of the molecule is CC[C@H](N)c1ccccc1OCc1c(F)cccc1F. The van der Waals surface area contributed by atoms with Crippen LogP contribution >= 0.6 is 0 Å². The van der Waals surface area contributed by atoms with Crippen molar-refractivity contribution in [1.82, 2.24) is 0 Å². The summed E-state index contributed by atoms with van der Waals surface area (Å²) < 4.78 is 32.6. The Labute approximate surface area is 117 Å². The van der Waals surface area contributed by atoms with Crippen molar-refractivity contribution in [3.05, 3.63) is 65.2 Å². The minimum atomic E-state index is -0.609. The summed E-state index contributed by atoms with van der Waals surface area (Å²) in [5.74, 6) is -0.658. The van der Waals surface area contributed by atoms with Crippen LogP contribution in [0.15, 0.2) is 42.5 Å². The van der Waals surface area contributed by atoms with Gasteiger partial charge in [0.1, 0.15) is 24.0 Å². The Morgan fingerprint density at radius 2 is 1.70 bits per heavy atom. The van der Waals surface area contributed by atoms with Crippen molar-refractivity contribution in [3.8, 4) is 5.75 Å². The van der Waals surface area contributed by atoms with E-state index in [9.17, 15) is 8.78 Å². The van der Waals surface area contributed by atoms with Crippen LogP contribution in [0.5, 0.6) is 5.75 Å². The number of nitrogens with two attached hydrogens (primary N) is 1. The van der Waals surface area contributed by atoms with E-state index in [-0.39, 0.29) is 18.2 Å². The monoisotopic (exact) mass is 277 g/mol. The number of ether oxygens (including phenoxy) is 1. The molecule has 0 aromatic heterocycles. The van der Waals surface area contributed by atoms with Crippen LogP contribution < -0.4 is 10.5 Å². The quantitative estimate of drug-likeness (QED) is 0.898. The lowest BCUT2D eigenvalue weighted by Crippen LogP contribution is -2.11. The smallest absolute Gasteiger partial charge is 0.132 e. The summed E-state index contributed by atoms with van der Waals surface area (Å²) in [5, 5.41) is 0. The van der Waals surface area contributed by atoms with Gasteiger partial charge in [-0.3, -0.25) is 0 Å². The van der Waals surface area contributed by atoms with Crippen LogP contribution in [0.1, 0.15) is 30.5 Å². The molecule has 106 valence electrons. The highest BCUT2D eigenvalue weighted by Gasteiger charge is 2.13. The van der Waals surface area contributed by atoms with Crippen molar-refractivity contribution in [2.45, 2.75) is 26.0 Å². The van der Waals surface area contributed by atoms with Gasteiger partial charge in [0.2, 0.25) is 0 Å². The van der Waals surface area contributed by atoms with Gasteiger partial charge in [0.05, 0.1) is 5.56 Å². The Hall–Kier alpha value is -1.94. The molecule has 0 aliphatic heterocycles. The van der Waals surface area contributed by atoms with E-state index >= 15 is 0 Å². The average molecular weight is 277 g/mol. The fourth-order valence-electron chi connectivity index (χ4n) is 1.96. The summed E-state index contributed by atoms with van der Waals surface area (Å²) in [4.78, 5) is 0. The van der Waals surface area contributed by atoms with Crippen LogP contribution in [-0.2, 0) is 6.61 Å². The lowest BCUT2D eigenvalue weighted by Gasteiger charge is -2.16. The van der Waals surface area contributed by atoms with Crippen LogP contribution in [0, 0.1) is 11.6 Å². The van der Waals surface area contributed by atoms with Crippen molar-refractivity contribution in [3.63, 3.8) is 0 Å². The van der Waals surface area contributed by atoms with E-state index in [1.807, 2.05) is 19.1 Å². The highest BCUT2D eigenvalue weighted by Crippen LogP contribution is 2.26. The molecule has 2 aromatic carbocycles. The summed E-state index contributed by atoms with van der Waals surface area (Å²) in [6, 6.07) is 10.9. The molecule has 0 amide bonds. The minimum Gasteiger partial charge on any atom is -0.488 e. The molecule has 2 aromatic rings. The fourth-order valence-corrected chi connectivity index (χ4v) is 1.96. The maximum atomic E-state index is 13.5. The van der Waals surface area contributed by atoms with Crippen LogP contribution in [0.4, 0.5) is 8.78 Å². The molecule has 2 N–H and O–H groups in total. The van der Waals surface area contributed by atoms with Crippen LogP contribution in [-0.4, -0.2) is 0 Å². The highest BCUT2D eigenvalue weighted by atomic mass is 19.1. The van der Waals surface area contributed by atoms with Gasteiger partial charge in [0, 0.05) is 11.6 Å². The molecular formula is C16H17F2NO. The molecular weight excluding hydrogens is 260 g/mol. The van der Waals surface area contributed by atoms with E-state index in [0.29, 0.717) is 5.75 Å². The fraction of sp³-hybridized carbons (Fsp3) is 0.250. The first-order valence-corrected chi connectivity index (χ1v) is 6.53. The Kier molecular flexibility index (Phi) is 4.69. The maximum absolute atomic E-state index is 13.5. The second-order valence-corrected chi connectivity index (χ2v) is 4.54. The van der Waals surface area contributed by atoms with E-state index in [4.69, 9.17) is 10.5 Å². The van der Waals surface area contributed by atoms with Crippen LogP contribution in [0.2, 0.25) is 0 Å². The molecule has 0 unspecified atom stereocenters. The molecule has 0 aliphatic rings. The van der Waals surface area contributed by atoms with E-state index in [0.717, 1.165) is 12.0 Å². The standard InChI is InChI=1S/C16H17F2NO/c1-2-15(19)11-6-3-4-9-16(11)20-10-12-13(17)7-5-8-14(12)18/h3-9,15H,2,10,19H2,1H3/t15-/m0/s1. The molecule has 0 bridgehead atoms. The van der Waals surface area contributed by atoms with Gasteiger partial charge < -0.3 is 10.5 Å². The summed E-state index contributed by atoms with van der Waals surface area (Å²) in [7, 11) is 0. The Morgan fingerprint density at radius 3 is 2.35 bits per heavy atom. The lowest BCUT2D eigenvalue weighted by atomic mass is 10.0. The van der Waals surface area contributed by atoms with Crippen molar-refractivity contribution < 1.29 is 13.5 Å². The number of rotatable bonds is 5. The van der Waals surface area contributed by atoms with Gasteiger partial charge in [-0.15, -0.1) is 0 Å². The molecule has 0 spiro atoms. The third-order valence-electron chi connectivity index (χ3n) is 3.19. The molecule has 1 atom stereocenters. The second kappa shape index (κ2) is 6.48. The molecule has 4 heteroatoms. The molecule has 2 nitrogen and oxygen atoms in total. The molecule has 0 radical (unpaired) electrons. The largest absolute Gasteiger partial charge is 0.488 e. The maximum Gasteiger partial charge on any atom is 0.132 e. The number of para-hydroxylation sites is 1. The zero-order valence-electron chi connectivity index (χ0n) is 11.3. The number of benzene rings is 2. The van der Waals surface area contributed by atoms with Gasteiger partial charge in [-0.05, 0) is 24.6 Å². The predicted octanol–water partition coefficient (Wildman–Crippen LogP) is 3.95. The Bertz CT molecular complexity index is 566. The summed E-state index contributed by atoms with van der Waals surface area (Å²) in [6.07, 6.45) is 0.758. The van der Waals surface area contributed by atoms with Crippen molar-refractivity contribution >= 4 is 0 Å². The number of hydrogen-bond acceptors (Lipinski definition) is 2. The van der Waals surface area contributed by atoms with Crippen LogP contribution in [0.3, 0.4) is 0 Å². The van der Waals surface area contributed by atoms with Gasteiger partial charge in [0.15, 0.2) is 0 Å². The predicted molar refractivity (Wildman–Crippen MR) is 74.4 cm³/mol. The van der Waals surface area contributed by atoms with Gasteiger partial charge in [-0.2, -0.15) is 0 Å². The molecule has 0 saturated carbocycles. The molecule has 0 fully saturated rings. The van der Waals surface area contributed by atoms with Gasteiger partial charge in [-0.25, -0.2) is 8.78 Å². The molecule has 0 aliphatic carbocycles. The molecule has 20 heavy (non-hydrogen) atoms. The topological polar surface area (TPSA) is 35.2 Å². The average Bonchev–Trinajstić information content (AvgIpc) is 2.46. The van der Waals surface area contributed by atoms with E-state index in [1.165, 1.54) is 18.2 Å². The third kappa shape index (κ3) is 3.14. The first-order valence-electron chi connectivity index (χ1n) is 6.53. The second-order valence-electron chi connectivity index (χ2n) is 4.54. The van der Waals surface area contributed by atoms with Gasteiger partial charge in [-0.1, -0.05) is 31.2 Å². The molecule has 0 heterocycles. The van der Waals surface area contributed by atoms with E-state index < -0.39 is 11.6 Å². The van der Waals surface area contributed by atoms with E-state index in [1.54, 1.807) is 12.1 Å². The number of hydrogen-bond donors (Lipinski definition) is 1. The Morgan fingerprint density at radius 1 is 1.05 bits per heavy atom. The highest BCUT2D eigenvalue weighted by molar-refractivity contribution is 5.36. The van der Waals surface area contributed by atoms with Crippen LogP contribution in [0.25, 0.3) is 0 Å². The summed E-state index contributed by atoms with van der Waals surface area (Å²) in [5.41, 5.74) is 6.76. The third-order valence-corrected chi connectivity index (χ3v) is 3.19. The van der Waals surface area contributed by atoms with Crippen molar-refractivity contribution in [1.29, 1.82) is 0 Å². The molecule has 0 saturated heterocycles. The first kappa shape index (κ1) is 14.5. The van der Waals surface area contributed by atoms with Crippen molar-refractivity contribution in [2.75, 3.05) is 0 Å². The van der Waals surface area contributed by atoms with Crippen molar-refractivity contribution in [2.24, 2.45) is 5.73 Å². The Balaban J connectivity index is 2.19. The summed E-state index contributed by atoms with van der Waals surface area (Å²) >= 11 is 0. The zero-order chi connectivity index (χ0) is 14.5. The zero-order valence-corrected chi connectivity index (χ0v) is 11.3. The summed E-state index contributed by atoms with van der Waals surface area (Å²) in [6.45, 7) is 1.81. The lowest BCUT2D eigenvalue weighted by molar-refractivity contribution is 0.287. The van der Waals surface area contributed by atoms with Gasteiger partial charge >= 0.3 is 0 Å². The van der Waals surface area contributed by atoms with E-state index in [2.05, 4.69) is 0 Å².